The highest BCUT2D eigenvalue weighted by Gasteiger charge is 2.06. The van der Waals surface area contributed by atoms with Crippen LogP contribution >= 0.6 is 57.4 Å². The van der Waals surface area contributed by atoms with Crippen LogP contribution in [-0.2, 0) is 0 Å². The fourth-order valence-corrected chi connectivity index (χ4v) is 0. The molecule has 0 rings (SSSR count). The minimum Gasteiger partial charge on any atom is -0.108 e. The lowest BCUT2D eigenvalue weighted by molar-refractivity contribution is 1.36. The number of hydrogen-bond acceptors (Lipinski definition) is 0. The Balaban J connectivity index is 2.99. The third kappa shape index (κ3) is 3.78. The number of alkyl halides is 4. The van der Waals surface area contributed by atoms with Gasteiger partial charge in [-0.25, -0.2) is 0 Å². The second-order valence-electron chi connectivity index (χ2n) is 0.669. The lowest BCUT2D eigenvalue weighted by atomic mass is 10.9. The van der Waals surface area contributed by atoms with E-state index in [4.69, 9.17) is 34.8 Å². The summed E-state index contributed by atoms with van der Waals surface area (Å²) in [4.78, 5) is -0.452. The van der Waals surface area contributed by atoms with Crippen molar-refractivity contribution < 1.29 is 0 Å². The minimum absolute atomic E-state index is 0.175. The van der Waals surface area contributed by atoms with Gasteiger partial charge in [-0.05, 0) is 0 Å². The normalized spacial score (nSPS) is 15.5. The SMILES string of the molecule is ClC(Cl)C(Cl)I. The summed E-state index contributed by atoms with van der Waals surface area (Å²) in [6.45, 7) is 0. The molecule has 0 saturated heterocycles. The standard InChI is InChI=1S/C2H2Cl3I/c3-1(4)2(5)6/h1-2H. The molecule has 0 radical (unpaired) electrons. The van der Waals surface area contributed by atoms with Gasteiger partial charge in [-0.2, -0.15) is 0 Å². The van der Waals surface area contributed by atoms with Gasteiger partial charge in [0.25, 0.3) is 0 Å². The summed E-state index contributed by atoms with van der Waals surface area (Å²) in [5, 5.41) is 0. The van der Waals surface area contributed by atoms with Gasteiger partial charge in [0.2, 0.25) is 0 Å². The van der Waals surface area contributed by atoms with Crippen LogP contribution in [-0.4, -0.2) is 8.22 Å². The molecule has 0 aliphatic heterocycles. The number of rotatable bonds is 1. The van der Waals surface area contributed by atoms with Gasteiger partial charge < -0.3 is 0 Å². The zero-order valence-corrected chi connectivity index (χ0v) is 7.09. The van der Waals surface area contributed by atoms with E-state index in [2.05, 4.69) is 0 Å². The van der Waals surface area contributed by atoms with Crippen molar-refractivity contribution in [3.63, 3.8) is 0 Å². The second kappa shape index (κ2) is 3.58. The lowest BCUT2D eigenvalue weighted by Crippen LogP contribution is -1.95. The molecule has 0 aliphatic rings. The van der Waals surface area contributed by atoms with Gasteiger partial charge in [0, 0.05) is 0 Å². The maximum Gasteiger partial charge on any atom is 0.133 e. The van der Waals surface area contributed by atoms with Crippen LogP contribution in [0.2, 0.25) is 0 Å². The first-order chi connectivity index (χ1) is 2.64. The zero-order valence-electron chi connectivity index (χ0n) is 2.67. The van der Waals surface area contributed by atoms with E-state index in [9.17, 15) is 0 Å². The first-order valence-electron chi connectivity index (χ1n) is 1.21. The monoisotopic (exact) mass is 258 g/mol. The van der Waals surface area contributed by atoms with E-state index in [0.717, 1.165) is 0 Å². The Hall–Kier alpha value is 1.60. The summed E-state index contributed by atoms with van der Waals surface area (Å²) in [5.74, 6) is 0. The third-order valence-electron chi connectivity index (χ3n) is 0.190. The molecule has 0 amide bonds. The summed E-state index contributed by atoms with van der Waals surface area (Å²) in [6.07, 6.45) is 0. The maximum absolute atomic E-state index is 5.34. The van der Waals surface area contributed by atoms with Gasteiger partial charge in [-0.3, -0.25) is 0 Å². The molecule has 1 unspecified atom stereocenters. The van der Waals surface area contributed by atoms with Crippen molar-refractivity contribution in [1.82, 2.24) is 0 Å². The van der Waals surface area contributed by atoms with Crippen LogP contribution < -0.4 is 0 Å². The van der Waals surface area contributed by atoms with Crippen LogP contribution in [0.3, 0.4) is 0 Å². The molecule has 0 bridgehead atoms. The van der Waals surface area contributed by atoms with Crippen molar-refractivity contribution in [3.8, 4) is 0 Å². The average Bonchev–Trinajstić information content (AvgIpc) is 1.36. The number of halogens is 4. The molecule has 6 heavy (non-hydrogen) atoms. The summed E-state index contributed by atoms with van der Waals surface area (Å²) < 4.78 is -0.175. The average molecular weight is 259 g/mol. The van der Waals surface area contributed by atoms with Crippen LogP contribution in [0.4, 0.5) is 0 Å². The van der Waals surface area contributed by atoms with Crippen molar-refractivity contribution in [2.75, 3.05) is 0 Å². The van der Waals surface area contributed by atoms with Gasteiger partial charge in [0.15, 0.2) is 0 Å². The van der Waals surface area contributed by atoms with Crippen LogP contribution in [0, 0.1) is 0 Å². The van der Waals surface area contributed by atoms with Crippen molar-refractivity contribution >= 4 is 57.4 Å². The zero-order chi connectivity index (χ0) is 5.15. The molecule has 0 nitrogen and oxygen atoms in total. The van der Waals surface area contributed by atoms with Crippen molar-refractivity contribution in [2.45, 2.75) is 8.22 Å². The highest BCUT2D eigenvalue weighted by Crippen LogP contribution is 2.19. The summed E-state index contributed by atoms with van der Waals surface area (Å²) in [6, 6.07) is 0. The summed E-state index contributed by atoms with van der Waals surface area (Å²) >= 11 is 17.7. The quantitative estimate of drug-likeness (QED) is 0.502. The maximum atomic E-state index is 5.34. The Morgan fingerprint density at radius 2 is 1.33 bits per heavy atom. The highest BCUT2D eigenvalue weighted by molar-refractivity contribution is 14.1. The van der Waals surface area contributed by atoms with Gasteiger partial charge in [0.1, 0.15) is 8.22 Å². The molecule has 0 saturated carbocycles. The van der Waals surface area contributed by atoms with E-state index in [0.29, 0.717) is 0 Å². The molecule has 0 aromatic carbocycles. The Bertz CT molecular complexity index is 29.8. The van der Waals surface area contributed by atoms with E-state index in [1.807, 2.05) is 22.6 Å². The predicted molar refractivity (Wildman–Crippen MR) is 39.2 cm³/mol. The van der Waals surface area contributed by atoms with Crippen molar-refractivity contribution in [1.29, 1.82) is 0 Å². The Morgan fingerprint density at radius 3 is 1.33 bits per heavy atom. The van der Waals surface area contributed by atoms with Crippen LogP contribution in [0.5, 0.6) is 0 Å². The van der Waals surface area contributed by atoms with Crippen molar-refractivity contribution in [3.05, 3.63) is 0 Å². The smallest absolute Gasteiger partial charge is 0.108 e. The van der Waals surface area contributed by atoms with Gasteiger partial charge in [-0.1, -0.05) is 22.6 Å². The fraction of sp³-hybridized carbons (Fsp3) is 1.00. The molecule has 0 fully saturated rings. The first-order valence-corrected chi connectivity index (χ1v) is 3.76. The number of hydrogen-bond donors (Lipinski definition) is 0. The van der Waals surface area contributed by atoms with Gasteiger partial charge in [-0.15, -0.1) is 34.8 Å². The first kappa shape index (κ1) is 7.60. The third-order valence-corrected chi connectivity index (χ3v) is 2.77. The second-order valence-corrected chi connectivity index (χ2v) is 4.38. The molecule has 0 spiro atoms. The Morgan fingerprint density at radius 1 is 1.17 bits per heavy atom. The molecule has 0 aromatic rings. The molecule has 0 aromatic heterocycles. The van der Waals surface area contributed by atoms with Crippen molar-refractivity contribution in [2.24, 2.45) is 0 Å². The van der Waals surface area contributed by atoms with E-state index in [1.54, 1.807) is 0 Å². The predicted octanol–water partition coefficient (Wildman–Crippen LogP) is 2.79. The van der Waals surface area contributed by atoms with Gasteiger partial charge >= 0.3 is 0 Å². The summed E-state index contributed by atoms with van der Waals surface area (Å²) in [5.41, 5.74) is 0. The minimum atomic E-state index is -0.452. The molecule has 0 aliphatic carbocycles. The molecular weight excluding hydrogens is 257 g/mol. The Labute approximate surface area is 65.3 Å². The van der Waals surface area contributed by atoms with E-state index < -0.39 is 4.84 Å². The molecule has 0 N–H and O–H groups in total. The van der Waals surface area contributed by atoms with Crippen LogP contribution in [0.15, 0.2) is 0 Å². The fourth-order valence-electron chi connectivity index (χ4n) is 0. The van der Waals surface area contributed by atoms with Gasteiger partial charge in [0.05, 0.1) is 0 Å². The van der Waals surface area contributed by atoms with E-state index >= 15 is 0 Å². The Kier molecular flexibility index (Phi) is 4.54. The molecular formula is C2H2Cl3I. The van der Waals surface area contributed by atoms with Crippen LogP contribution in [0.1, 0.15) is 0 Å². The van der Waals surface area contributed by atoms with Crippen LogP contribution in [0.25, 0.3) is 0 Å². The largest absolute Gasteiger partial charge is 0.133 e. The highest BCUT2D eigenvalue weighted by atomic mass is 127. The lowest BCUT2D eigenvalue weighted by Gasteiger charge is -1.95. The molecule has 0 heterocycles. The molecule has 1 atom stereocenters. The molecule has 38 valence electrons. The molecule has 4 heteroatoms. The van der Waals surface area contributed by atoms with E-state index in [-0.39, 0.29) is 3.38 Å². The topological polar surface area (TPSA) is 0 Å². The summed E-state index contributed by atoms with van der Waals surface area (Å²) in [7, 11) is 0. The van der Waals surface area contributed by atoms with E-state index in [1.165, 1.54) is 0 Å².